The standard InChI is InChI=1S/C36H49NO13/c1-17-20(48-30(44)26(41)24(19-12-10-9-11-13-19)37-31(45)50-32(3,4)5)15-36(46)29(43)27-34(8,28(42)25(40)23(17)33(36,6)7)21(39)14-22-35(27,16-47-22)49-18(2)38/h9-13,20-22,24-27,29,39-41,43,46H,14-16H2,1-8H3,(H,37,45)/t20-,21-,22+,24-,25+,26+,27?,29-,34+,35-,36+/m0/s1. The normalized spacial score (nSPS) is 37.4. The summed E-state index contributed by atoms with van der Waals surface area (Å²) in [5, 5.41) is 62.2. The number of aliphatic hydroxyl groups excluding tert-OH is 4. The van der Waals surface area contributed by atoms with E-state index in [1.807, 2.05) is 0 Å². The Labute approximate surface area is 290 Å². The summed E-state index contributed by atoms with van der Waals surface area (Å²) >= 11 is 0. The molecule has 1 amide bonds. The first-order valence-corrected chi connectivity index (χ1v) is 16.8. The molecule has 2 bridgehead atoms. The number of ketones is 1. The van der Waals surface area contributed by atoms with Gasteiger partial charge in [0.05, 0.1) is 30.3 Å². The lowest BCUT2D eigenvalue weighted by Crippen LogP contribution is -2.81. The number of carbonyl (C=O) groups is 4. The summed E-state index contributed by atoms with van der Waals surface area (Å²) in [6.07, 6.45) is -11.1. The summed E-state index contributed by atoms with van der Waals surface area (Å²) in [5.41, 5.74) is -7.74. The molecule has 1 saturated heterocycles. The van der Waals surface area contributed by atoms with Crippen molar-refractivity contribution in [3.63, 3.8) is 0 Å². The number of Topliss-reactive ketones (excluding diaryl/α,β-unsaturated/α-hetero) is 1. The first-order valence-electron chi connectivity index (χ1n) is 16.8. The Hall–Kier alpha value is -3.40. The molecule has 0 radical (unpaired) electrons. The second-order valence-electron chi connectivity index (χ2n) is 15.8. The van der Waals surface area contributed by atoms with Crippen molar-refractivity contribution in [1.29, 1.82) is 0 Å². The Kier molecular flexibility index (Phi) is 9.59. The van der Waals surface area contributed by atoms with Crippen LogP contribution in [0.1, 0.15) is 79.8 Å². The molecule has 2 saturated carbocycles. The Balaban J connectivity index is 1.56. The molecule has 3 fully saturated rings. The molecule has 3 aliphatic carbocycles. The van der Waals surface area contributed by atoms with Crippen LogP contribution in [0.4, 0.5) is 4.79 Å². The average molecular weight is 704 g/mol. The van der Waals surface area contributed by atoms with Crippen molar-refractivity contribution in [2.75, 3.05) is 6.61 Å². The van der Waals surface area contributed by atoms with E-state index < -0.39 is 106 Å². The van der Waals surface area contributed by atoms with Crippen molar-refractivity contribution < 1.29 is 63.7 Å². The van der Waals surface area contributed by atoms with Crippen LogP contribution in [0.5, 0.6) is 0 Å². The van der Waals surface area contributed by atoms with Crippen LogP contribution < -0.4 is 5.32 Å². The van der Waals surface area contributed by atoms with Crippen LogP contribution in [0.3, 0.4) is 0 Å². The number of rotatable bonds is 6. The number of aliphatic hydroxyl groups is 5. The van der Waals surface area contributed by atoms with Gasteiger partial charge in [-0.25, -0.2) is 9.59 Å². The predicted octanol–water partition coefficient (Wildman–Crippen LogP) is 1.39. The molecule has 4 aliphatic rings. The molecule has 1 aromatic rings. The smallest absolute Gasteiger partial charge is 0.408 e. The van der Waals surface area contributed by atoms with Gasteiger partial charge in [-0.3, -0.25) is 9.59 Å². The van der Waals surface area contributed by atoms with Crippen molar-refractivity contribution in [2.45, 2.75) is 128 Å². The fourth-order valence-electron chi connectivity index (χ4n) is 8.68. The largest absolute Gasteiger partial charge is 0.456 e. The minimum absolute atomic E-state index is 0.0329. The lowest BCUT2D eigenvalue weighted by atomic mass is 9.44. The third-order valence-electron chi connectivity index (χ3n) is 11.4. The SMILES string of the molecule is CC(=O)O[C@@]12CO[C@@H]1C[C@H](O)[C@@]1(C)C(=O)[C@H](O)C3=C(C)[C@@H](OC(=O)[C@H](O)[C@@H](NC(=O)OC(C)(C)C)c4ccccc4)C[C@@](O)([C@@H](O)C12)C3(C)C. The summed E-state index contributed by atoms with van der Waals surface area (Å²) in [6.45, 7) is 11.8. The van der Waals surface area contributed by atoms with Crippen molar-refractivity contribution in [3.8, 4) is 0 Å². The molecule has 14 nitrogen and oxygen atoms in total. The number of nitrogens with one attached hydrogen (secondary N) is 1. The number of fused-ring (bicyclic) bond motifs is 5. The molecule has 0 aromatic heterocycles. The van der Waals surface area contributed by atoms with Gasteiger partial charge in [0.1, 0.15) is 29.5 Å². The van der Waals surface area contributed by atoms with E-state index in [-0.39, 0.29) is 24.2 Å². The highest BCUT2D eigenvalue weighted by molar-refractivity contribution is 5.93. The monoisotopic (exact) mass is 703 g/mol. The van der Waals surface area contributed by atoms with E-state index in [9.17, 15) is 44.7 Å². The molecule has 11 atom stereocenters. The van der Waals surface area contributed by atoms with E-state index in [1.54, 1.807) is 51.1 Å². The zero-order valence-electron chi connectivity index (χ0n) is 29.6. The van der Waals surface area contributed by atoms with Gasteiger partial charge in [0.15, 0.2) is 17.5 Å². The van der Waals surface area contributed by atoms with Gasteiger partial charge in [0.2, 0.25) is 0 Å². The third kappa shape index (κ3) is 5.83. The van der Waals surface area contributed by atoms with Crippen LogP contribution in [0.25, 0.3) is 0 Å². The lowest BCUT2D eigenvalue weighted by Gasteiger charge is -2.67. The molecule has 0 spiro atoms. The number of hydrogen-bond donors (Lipinski definition) is 6. The maximum atomic E-state index is 14.4. The number of benzene rings is 1. The van der Waals surface area contributed by atoms with Gasteiger partial charge in [-0.05, 0) is 51.3 Å². The summed E-state index contributed by atoms with van der Waals surface area (Å²) in [7, 11) is 0. The fourth-order valence-corrected chi connectivity index (χ4v) is 8.68. The Morgan fingerprint density at radius 3 is 2.22 bits per heavy atom. The molecular weight excluding hydrogens is 654 g/mol. The quantitative estimate of drug-likeness (QED) is 0.140. The van der Waals surface area contributed by atoms with Gasteiger partial charge < -0.3 is 49.8 Å². The molecule has 1 aliphatic heterocycles. The molecule has 6 N–H and O–H groups in total. The van der Waals surface area contributed by atoms with Crippen LogP contribution in [-0.4, -0.2) is 109 Å². The molecule has 14 heteroatoms. The van der Waals surface area contributed by atoms with Crippen LogP contribution in [0.2, 0.25) is 0 Å². The maximum absolute atomic E-state index is 14.4. The number of hydrogen-bond acceptors (Lipinski definition) is 13. The fraction of sp³-hybridized carbons (Fsp3) is 0.667. The van der Waals surface area contributed by atoms with Crippen molar-refractivity contribution >= 4 is 23.8 Å². The molecular formula is C36H49NO13. The topological polar surface area (TPSA) is 218 Å². The number of ether oxygens (including phenoxy) is 4. The van der Waals surface area contributed by atoms with Gasteiger partial charge in [0.25, 0.3) is 0 Å². The molecule has 276 valence electrons. The number of carbonyl (C=O) groups excluding carboxylic acids is 4. The van der Waals surface area contributed by atoms with E-state index in [4.69, 9.17) is 18.9 Å². The third-order valence-corrected chi connectivity index (χ3v) is 11.4. The van der Waals surface area contributed by atoms with Gasteiger partial charge in [-0.15, -0.1) is 0 Å². The maximum Gasteiger partial charge on any atom is 0.408 e. The van der Waals surface area contributed by atoms with Gasteiger partial charge in [-0.2, -0.15) is 0 Å². The summed E-state index contributed by atoms with van der Waals surface area (Å²) in [4.78, 5) is 53.3. The van der Waals surface area contributed by atoms with Gasteiger partial charge in [-0.1, -0.05) is 44.2 Å². The molecule has 1 heterocycles. The van der Waals surface area contributed by atoms with E-state index in [0.717, 1.165) is 6.92 Å². The second kappa shape index (κ2) is 12.7. The zero-order chi connectivity index (χ0) is 37.4. The highest BCUT2D eigenvalue weighted by Crippen LogP contribution is 2.63. The molecule has 1 unspecified atom stereocenters. The van der Waals surface area contributed by atoms with Gasteiger partial charge in [0, 0.05) is 31.1 Å². The predicted molar refractivity (Wildman–Crippen MR) is 174 cm³/mol. The summed E-state index contributed by atoms with van der Waals surface area (Å²) in [5.74, 6) is -4.29. The van der Waals surface area contributed by atoms with E-state index >= 15 is 0 Å². The van der Waals surface area contributed by atoms with Crippen molar-refractivity contribution in [2.24, 2.45) is 16.7 Å². The number of esters is 2. The van der Waals surface area contributed by atoms with Crippen molar-refractivity contribution in [1.82, 2.24) is 5.32 Å². The molecule has 50 heavy (non-hydrogen) atoms. The number of amides is 1. The highest BCUT2D eigenvalue weighted by Gasteiger charge is 2.76. The van der Waals surface area contributed by atoms with Crippen LogP contribution >= 0.6 is 0 Å². The zero-order valence-corrected chi connectivity index (χ0v) is 29.6. The molecule has 5 rings (SSSR count). The first kappa shape index (κ1) is 37.8. The first-order chi connectivity index (χ1) is 23.0. The lowest BCUT2D eigenvalue weighted by molar-refractivity contribution is -0.346. The van der Waals surface area contributed by atoms with Crippen LogP contribution in [-0.2, 0) is 33.3 Å². The average Bonchev–Trinajstić information content (AvgIpc) is 3.01. The van der Waals surface area contributed by atoms with Crippen molar-refractivity contribution in [3.05, 3.63) is 47.0 Å². The highest BCUT2D eigenvalue weighted by atomic mass is 16.6. The second-order valence-corrected chi connectivity index (χ2v) is 15.8. The molecule has 1 aromatic carbocycles. The Morgan fingerprint density at radius 1 is 1.06 bits per heavy atom. The minimum atomic E-state index is -2.27. The Bertz CT molecular complexity index is 1570. The summed E-state index contributed by atoms with van der Waals surface area (Å²) in [6, 6.07) is 6.84. The van der Waals surface area contributed by atoms with Crippen LogP contribution in [0.15, 0.2) is 41.5 Å². The van der Waals surface area contributed by atoms with Crippen LogP contribution in [0, 0.1) is 16.7 Å². The van der Waals surface area contributed by atoms with E-state index in [0.29, 0.717) is 5.56 Å². The Morgan fingerprint density at radius 2 is 1.68 bits per heavy atom. The van der Waals surface area contributed by atoms with Gasteiger partial charge >= 0.3 is 18.0 Å². The van der Waals surface area contributed by atoms with E-state index in [2.05, 4.69) is 5.32 Å². The minimum Gasteiger partial charge on any atom is -0.456 e. The van der Waals surface area contributed by atoms with E-state index in [1.165, 1.54) is 27.7 Å². The summed E-state index contributed by atoms with van der Waals surface area (Å²) < 4.78 is 22.6. The number of alkyl carbamates (subject to hydrolysis) is 1.